The molecule has 0 radical (unpaired) electrons. The summed E-state index contributed by atoms with van der Waals surface area (Å²) in [4.78, 5) is 0. The Morgan fingerprint density at radius 2 is 1.81 bits per heavy atom. The van der Waals surface area contributed by atoms with Crippen LogP contribution in [-0.2, 0) is 0 Å². The molecule has 16 heavy (non-hydrogen) atoms. The Hall–Kier alpha value is -0.540. The first kappa shape index (κ1) is 15.5. The molecular weight excluding hydrogens is 198 g/mol. The van der Waals surface area contributed by atoms with E-state index in [1.165, 1.54) is 12.8 Å². The van der Waals surface area contributed by atoms with E-state index in [4.69, 9.17) is 5.73 Å². The third-order valence-corrected chi connectivity index (χ3v) is 2.70. The minimum absolute atomic E-state index is 0.0902. The smallest absolute Gasteiger partial charge is 0.0438 e. The van der Waals surface area contributed by atoms with Crippen LogP contribution in [-0.4, -0.2) is 26.2 Å². The highest BCUT2D eigenvalue weighted by molar-refractivity contribution is 5.01. The standard InChI is InChI=1S/C13H29N3/c1-11(2)7-5-10-16-12(3)13(14)8-6-9-15-4/h11,13,15-16H,3,5-10,14H2,1-2,4H3. The molecule has 0 aromatic heterocycles. The molecule has 0 aliphatic heterocycles. The Bertz CT molecular complexity index is 178. The quantitative estimate of drug-likeness (QED) is 0.499. The van der Waals surface area contributed by atoms with Crippen molar-refractivity contribution in [2.75, 3.05) is 20.1 Å². The Morgan fingerprint density at radius 1 is 1.19 bits per heavy atom. The van der Waals surface area contributed by atoms with Gasteiger partial charge in [-0.1, -0.05) is 20.4 Å². The lowest BCUT2D eigenvalue weighted by molar-refractivity contribution is 0.527. The molecule has 0 aliphatic rings. The van der Waals surface area contributed by atoms with Crippen LogP contribution in [0, 0.1) is 5.92 Å². The lowest BCUT2D eigenvalue weighted by Gasteiger charge is -2.17. The molecule has 0 bridgehead atoms. The SMILES string of the molecule is C=C(NCCCC(C)C)C(N)CCCNC. The fraction of sp³-hybridized carbons (Fsp3) is 0.846. The summed E-state index contributed by atoms with van der Waals surface area (Å²) in [6, 6.07) is 0.0902. The average molecular weight is 227 g/mol. The molecule has 0 aromatic rings. The maximum absolute atomic E-state index is 6.01. The molecule has 3 nitrogen and oxygen atoms in total. The van der Waals surface area contributed by atoms with Crippen molar-refractivity contribution in [2.24, 2.45) is 11.7 Å². The van der Waals surface area contributed by atoms with Crippen LogP contribution in [0.4, 0.5) is 0 Å². The summed E-state index contributed by atoms with van der Waals surface area (Å²) in [6.45, 7) is 10.5. The molecule has 0 aromatic carbocycles. The molecule has 0 spiro atoms. The molecule has 0 aliphatic carbocycles. The van der Waals surface area contributed by atoms with Gasteiger partial charge in [0.15, 0.2) is 0 Å². The fourth-order valence-electron chi connectivity index (χ4n) is 1.56. The minimum Gasteiger partial charge on any atom is -0.388 e. The summed E-state index contributed by atoms with van der Waals surface area (Å²) in [5.74, 6) is 0.777. The number of hydrogen-bond donors (Lipinski definition) is 3. The lowest BCUT2D eigenvalue weighted by atomic mass is 10.1. The van der Waals surface area contributed by atoms with Gasteiger partial charge in [-0.25, -0.2) is 0 Å². The first-order valence-corrected chi connectivity index (χ1v) is 6.40. The van der Waals surface area contributed by atoms with Crippen molar-refractivity contribution in [1.82, 2.24) is 10.6 Å². The molecule has 0 heterocycles. The molecule has 1 unspecified atom stereocenters. The summed E-state index contributed by atoms with van der Waals surface area (Å²) >= 11 is 0. The zero-order valence-corrected chi connectivity index (χ0v) is 11.2. The van der Waals surface area contributed by atoms with Crippen LogP contribution in [0.25, 0.3) is 0 Å². The van der Waals surface area contributed by atoms with E-state index >= 15 is 0 Å². The highest BCUT2D eigenvalue weighted by Gasteiger charge is 2.05. The van der Waals surface area contributed by atoms with Gasteiger partial charge in [0.25, 0.3) is 0 Å². The lowest BCUT2D eigenvalue weighted by Crippen LogP contribution is -2.32. The van der Waals surface area contributed by atoms with Gasteiger partial charge in [0.05, 0.1) is 0 Å². The average Bonchev–Trinajstić information content (AvgIpc) is 2.24. The normalized spacial score (nSPS) is 12.8. The van der Waals surface area contributed by atoms with Gasteiger partial charge in [0.1, 0.15) is 0 Å². The molecule has 1 atom stereocenters. The first-order chi connectivity index (χ1) is 7.57. The largest absolute Gasteiger partial charge is 0.388 e. The van der Waals surface area contributed by atoms with Crippen molar-refractivity contribution in [3.05, 3.63) is 12.3 Å². The molecular formula is C13H29N3. The second-order valence-electron chi connectivity index (χ2n) is 4.84. The minimum atomic E-state index is 0.0902. The van der Waals surface area contributed by atoms with Crippen LogP contribution in [0.3, 0.4) is 0 Å². The summed E-state index contributed by atoms with van der Waals surface area (Å²) < 4.78 is 0. The van der Waals surface area contributed by atoms with Crippen molar-refractivity contribution < 1.29 is 0 Å². The van der Waals surface area contributed by atoms with E-state index in [9.17, 15) is 0 Å². The second kappa shape index (κ2) is 9.67. The van der Waals surface area contributed by atoms with Crippen LogP contribution in [0.1, 0.15) is 39.5 Å². The predicted molar refractivity (Wildman–Crippen MR) is 72.4 cm³/mol. The summed E-state index contributed by atoms with van der Waals surface area (Å²) in [7, 11) is 1.96. The zero-order valence-electron chi connectivity index (χ0n) is 11.2. The fourth-order valence-corrected chi connectivity index (χ4v) is 1.56. The highest BCUT2D eigenvalue weighted by Crippen LogP contribution is 2.04. The van der Waals surface area contributed by atoms with Crippen LogP contribution in [0.5, 0.6) is 0 Å². The van der Waals surface area contributed by atoms with E-state index in [0.29, 0.717) is 0 Å². The van der Waals surface area contributed by atoms with E-state index in [2.05, 4.69) is 31.1 Å². The number of rotatable bonds is 10. The van der Waals surface area contributed by atoms with Crippen molar-refractivity contribution in [2.45, 2.75) is 45.6 Å². The van der Waals surface area contributed by atoms with Crippen LogP contribution in [0.2, 0.25) is 0 Å². The van der Waals surface area contributed by atoms with E-state index < -0.39 is 0 Å². The Labute approximate surface area is 101 Å². The Kier molecular flexibility index (Phi) is 9.34. The molecule has 0 saturated carbocycles. The van der Waals surface area contributed by atoms with Gasteiger partial charge in [0, 0.05) is 18.3 Å². The van der Waals surface area contributed by atoms with Gasteiger partial charge in [-0.3, -0.25) is 0 Å². The van der Waals surface area contributed by atoms with Crippen LogP contribution in [0.15, 0.2) is 12.3 Å². The van der Waals surface area contributed by atoms with Gasteiger partial charge in [-0.05, 0) is 45.2 Å². The van der Waals surface area contributed by atoms with Gasteiger partial charge in [-0.15, -0.1) is 0 Å². The van der Waals surface area contributed by atoms with Gasteiger partial charge < -0.3 is 16.4 Å². The molecule has 0 saturated heterocycles. The molecule has 3 heteroatoms. The van der Waals surface area contributed by atoms with Crippen LogP contribution >= 0.6 is 0 Å². The van der Waals surface area contributed by atoms with E-state index in [-0.39, 0.29) is 6.04 Å². The van der Waals surface area contributed by atoms with Gasteiger partial charge >= 0.3 is 0 Å². The van der Waals surface area contributed by atoms with Crippen molar-refractivity contribution >= 4 is 0 Å². The summed E-state index contributed by atoms with van der Waals surface area (Å²) in [5.41, 5.74) is 7.00. The van der Waals surface area contributed by atoms with E-state index in [1.54, 1.807) is 0 Å². The van der Waals surface area contributed by atoms with Crippen molar-refractivity contribution in [1.29, 1.82) is 0 Å². The first-order valence-electron chi connectivity index (χ1n) is 6.40. The highest BCUT2D eigenvalue weighted by atomic mass is 14.9. The molecule has 0 fully saturated rings. The number of hydrogen-bond acceptors (Lipinski definition) is 3. The zero-order chi connectivity index (χ0) is 12.4. The summed E-state index contributed by atoms with van der Waals surface area (Å²) in [5, 5.41) is 6.45. The molecule has 4 N–H and O–H groups in total. The third-order valence-electron chi connectivity index (χ3n) is 2.70. The van der Waals surface area contributed by atoms with Crippen molar-refractivity contribution in [3.63, 3.8) is 0 Å². The summed E-state index contributed by atoms with van der Waals surface area (Å²) in [6.07, 6.45) is 4.55. The van der Waals surface area contributed by atoms with Gasteiger partial charge in [-0.2, -0.15) is 0 Å². The monoisotopic (exact) mass is 227 g/mol. The number of nitrogens with two attached hydrogens (primary N) is 1. The maximum atomic E-state index is 6.01. The molecule has 0 amide bonds. The third kappa shape index (κ3) is 8.74. The molecule has 96 valence electrons. The Morgan fingerprint density at radius 3 is 2.38 bits per heavy atom. The maximum Gasteiger partial charge on any atom is 0.0438 e. The van der Waals surface area contributed by atoms with Gasteiger partial charge in [0.2, 0.25) is 0 Å². The predicted octanol–water partition coefficient (Wildman–Crippen LogP) is 1.85. The molecule has 0 rings (SSSR count). The van der Waals surface area contributed by atoms with E-state index in [0.717, 1.165) is 37.5 Å². The Balaban J connectivity index is 3.47. The second-order valence-corrected chi connectivity index (χ2v) is 4.84. The topological polar surface area (TPSA) is 50.1 Å². The van der Waals surface area contributed by atoms with E-state index in [1.807, 2.05) is 7.05 Å². The van der Waals surface area contributed by atoms with Crippen LogP contribution < -0.4 is 16.4 Å². The number of nitrogens with one attached hydrogen (secondary N) is 2. The van der Waals surface area contributed by atoms with Crippen molar-refractivity contribution in [3.8, 4) is 0 Å².